The van der Waals surface area contributed by atoms with Gasteiger partial charge in [-0.15, -0.1) is 0 Å². The first-order valence-corrected chi connectivity index (χ1v) is 9.60. The molecule has 7 heteroatoms. The zero-order valence-electron chi connectivity index (χ0n) is 14.8. The van der Waals surface area contributed by atoms with Crippen molar-refractivity contribution in [2.45, 2.75) is 18.9 Å². The average molecular weight is 433 g/mol. The molecular formula is C20H22BrFN4O. The van der Waals surface area contributed by atoms with Gasteiger partial charge in [0.1, 0.15) is 11.5 Å². The van der Waals surface area contributed by atoms with Crippen molar-refractivity contribution in [1.29, 1.82) is 0 Å². The molecule has 0 radical (unpaired) electrons. The van der Waals surface area contributed by atoms with Crippen molar-refractivity contribution >= 4 is 32.7 Å². The molecule has 3 aromatic rings. The number of H-pyrrole nitrogens is 1. The van der Waals surface area contributed by atoms with Gasteiger partial charge < -0.3 is 21.8 Å². The number of rotatable bonds is 7. The fourth-order valence-corrected chi connectivity index (χ4v) is 3.54. The molecule has 0 bridgehead atoms. The number of hydrogen-bond acceptors (Lipinski definition) is 3. The first-order chi connectivity index (χ1) is 13.0. The molecule has 5 nitrogen and oxygen atoms in total. The van der Waals surface area contributed by atoms with Crippen LogP contribution >= 0.6 is 15.9 Å². The van der Waals surface area contributed by atoms with Gasteiger partial charge in [0.15, 0.2) is 0 Å². The van der Waals surface area contributed by atoms with Crippen LogP contribution in [-0.4, -0.2) is 30.0 Å². The van der Waals surface area contributed by atoms with Gasteiger partial charge in [-0.1, -0.05) is 18.2 Å². The third kappa shape index (κ3) is 4.55. The molecule has 2 aromatic carbocycles. The minimum absolute atomic E-state index is 0.120. The molecule has 3 rings (SSSR count). The van der Waals surface area contributed by atoms with Crippen molar-refractivity contribution in [1.82, 2.24) is 10.3 Å². The summed E-state index contributed by atoms with van der Waals surface area (Å²) in [5, 5.41) is 3.74. The van der Waals surface area contributed by atoms with E-state index in [1.54, 1.807) is 12.1 Å². The standard InChI is InChI=1S/C20H22BrFN4O/c21-18-16-10-13(12-3-6-14(22)7-4-12)5-8-17(16)26-19(18)20(27)25-11-15(24)2-1-9-23/h3-8,10,15,26H,1-2,9,11,23-24H2,(H,25,27)/t15-/m0/s1. The van der Waals surface area contributed by atoms with Crippen molar-refractivity contribution in [3.8, 4) is 11.1 Å². The van der Waals surface area contributed by atoms with Crippen molar-refractivity contribution in [3.05, 3.63) is 58.4 Å². The Balaban J connectivity index is 1.80. The highest BCUT2D eigenvalue weighted by atomic mass is 79.9. The molecule has 1 heterocycles. The molecule has 0 aliphatic rings. The maximum atomic E-state index is 13.1. The molecular weight excluding hydrogens is 411 g/mol. The summed E-state index contributed by atoms with van der Waals surface area (Å²) in [6.45, 7) is 0.979. The summed E-state index contributed by atoms with van der Waals surface area (Å²) in [6.07, 6.45) is 1.60. The second-order valence-electron chi connectivity index (χ2n) is 6.48. The predicted molar refractivity (Wildman–Crippen MR) is 110 cm³/mol. The predicted octanol–water partition coefficient (Wildman–Crippen LogP) is 3.53. The number of benzene rings is 2. The smallest absolute Gasteiger partial charge is 0.268 e. The number of halogens is 2. The monoisotopic (exact) mass is 432 g/mol. The van der Waals surface area contributed by atoms with E-state index in [1.165, 1.54) is 12.1 Å². The van der Waals surface area contributed by atoms with Crippen molar-refractivity contribution in [3.63, 3.8) is 0 Å². The minimum atomic E-state index is -0.272. The van der Waals surface area contributed by atoms with Crippen LogP contribution in [0.4, 0.5) is 4.39 Å². The average Bonchev–Trinajstić information content (AvgIpc) is 3.01. The van der Waals surface area contributed by atoms with Gasteiger partial charge in [0.2, 0.25) is 0 Å². The number of hydrogen-bond donors (Lipinski definition) is 4. The lowest BCUT2D eigenvalue weighted by Crippen LogP contribution is -2.37. The van der Waals surface area contributed by atoms with E-state index in [9.17, 15) is 9.18 Å². The molecule has 0 saturated heterocycles. The minimum Gasteiger partial charge on any atom is -0.350 e. The van der Waals surface area contributed by atoms with E-state index in [2.05, 4.69) is 26.2 Å². The van der Waals surface area contributed by atoms with Crippen LogP contribution in [-0.2, 0) is 0 Å². The third-order valence-corrected chi connectivity index (χ3v) is 5.27. The molecule has 0 aliphatic carbocycles. The van der Waals surface area contributed by atoms with E-state index in [0.29, 0.717) is 23.3 Å². The second-order valence-corrected chi connectivity index (χ2v) is 7.28. The summed E-state index contributed by atoms with van der Waals surface area (Å²) in [7, 11) is 0. The van der Waals surface area contributed by atoms with E-state index in [1.807, 2.05) is 18.2 Å². The Hall–Kier alpha value is -2.22. The van der Waals surface area contributed by atoms with Crippen LogP contribution in [0.5, 0.6) is 0 Å². The number of amides is 1. The molecule has 0 spiro atoms. The lowest BCUT2D eigenvalue weighted by molar-refractivity contribution is 0.0946. The second kappa shape index (κ2) is 8.65. The summed E-state index contributed by atoms with van der Waals surface area (Å²) in [6, 6.07) is 12.0. The fraction of sp³-hybridized carbons (Fsp3) is 0.250. The SMILES string of the molecule is NCCC[C@H](N)CNC(=O)c1[nH]c2ccc(-c3ccc(F)cc3)cc2c1Br. The van der Waals surface area contributed by atoms with Gasteiger partial charge in [-0.05, 0) is 70.7 Å². The maximum Gasteiger partial charge on any atom is 0.268 e. The first kappa shape index (κ1) is 19.5. The quantitative estimate of drug-likeness (QED) is 0.459. The van der Waals surface area contributed by atoms with E-state index >= 15 is 0 Å². The van der Waals surface area contributed by atoms with Crippen LogP contribution < -0.4 is 16.8 Å². The van der Waals surface area contributed by atoms with E-state index < -0.39 is 0 Å². The third-order valence-electron chi connectivity index (χ3n) is 4.44. The van der Waals surface area contributed by atoms with Crippen LogP contribution in [0.2, 0.25) is 0 Å². The summed E-state index contributed by atoms with van der Waals surface area (Å²) in [5.41, 5.74) is 14.6. The Labute approximate surface area is 165 Å². The van der Waals surface area contributed by atoms with Crippen molar-refractivity contribution < 1.29 is 9.18 Å². The Bertz CT molecular complexity index is 939. The summed E-state index contributed by atoms with van der Waals surface area (Å²) in [5.74, 6) is -0.490. The van der Waals surface area contributed by atoms with E-state index in [-0.39, 0.29) is 17.8 Å². The molecule has 0 aliphatic heterocycles. The summed E-state index contributed by atoms with van der Waals surface area (Å²) >= 11 is 3.52. The number of aromatic nitrogens is 1. The lowest BCUT2D eigenvalue weighted by Gasteiger charge is -2.11. The Morgan fingerprint density at radius 1 is 1.19 bits per heavy atom. The Morgan fingerprint density at radius 2 is 1.89 bits per heavy atom. The molecule has 6 N–H and O–H groups in total. The van der Waals surface area contributed by atoms with Gasteiger partial charge in [0, 0.05) is 23.5 Å². The van der Waals surface area contributed by atoms with Gasteiger partial charge in [-0.2, -0.15) is 0 Å². The molecule has 0 fully saturated rings. The summed E-state index contributed by atoms with van der Waals surface area (Å²) in [4.78, 5) is 15.7. The topological polar surface area (TPSA) is 96.9 Å². The first-order valence-electron chi connectivity index (χ1n) is 8.80. The number of nitrogens with one attached hydrogen (secondary N) is 2. The number of aromatic amines is 1. The highest BCUT2D eigenvalue weighted by Crippen LogP contribution is 2.32. The van der Waals surface area contributed by atoms with Crippen LogP contribution in [0.15, 0.2) is 46.9 Å². The largest absolute Gasteiger partial charge is 0.350 e. The zero-order chi connectivity index (χ0) is 19.4. The van der Waals surface area contributed by atoms with Crippen LogP contribution in [0.25, 0.3) is 22.0 Å². The molecule has 1 atom stereocenters. The highest BCUT2D eigenvalue weighted by molar-refractivity contribution is 9.10. The number of nitrogens with two attached hydrogens (primary N) is 2. The maximum absolute atomic E-state index is 13.1. The van der Waals surface area contributed by atoms with Crippen LogP contribution in [0.3, 0.4) is 0 Å². The van der Waals surface area contributed by atoms with E-state index in [4.69, 9.17) is 11.5 Å². The van der Waals surface area contributed by atoms with Gasteiger partial charge in [0.25, 0.3) is 5.91 Å². The molecule has 1 aromatic heterocycles. The highest BCUT2D eigenvalue weighted by Gasteiger charge is 2.17. The molecule has 142 valence electrons. The van der Waals surface area contributed by atoms with Crippen molar-refractivity contribution in [2.75, 3.05) is 13.1 Å². The van der Waals surface area contributed by atoms with Gasteiger partial charge in [0.05, 0.1) is 4.47 Å². The van der Waals surface area contributed by atoms with Gasteiger partial charge in [-0.3, -0.25) is 4.79 Å². The zero-order valence-corrected chi connectivity index (χ0v) is 16.4. The Kier molecular flexibility index (Phi) is 6.26. The van der Waals surface area contributed by atoms with Crippen LogP contribution in [0, 0.1) is 5.82 Å². The van der Waals surface area contributed by atoms with Gasteiger partial charge >= 0.3 is 0 Å². The molecule has 0 unspecified atom stereocenters. The number of carbonyl (C=O) groups is 1. The Morgan fingerprint density at radius 3 is 2.59 bits per heavy atom. The van der Waals surface area contributed by atoms with Crippen LogP contribution in [0.1, 0.15) is 23.3 Å². The molecule has 27 heavy (non-hydrogen) atoms. The van der Waals surface area contributed by atoms with E-state index in [0.717, 1.165) is 34.9 Å². The fourth-order valence-electron chi connectivity index (χ4n) is 2.93. The van der Waals surface area contributed by atoms with Gasteiger partial charge in [-0.25, -0.2) is 4.39 Å². The normalized spacial score (nSPS) is 12.3. The number of fused-ring (bicyclic) bond motifs is 1. The molecule has 0 saturated carbocycles. The number of carbonyl (C=O) groups excluding carboxylic acids is 1. The molecule has 1 amide bonds. The summed E-state index contributed by atoms with van der Waals surface area (Å²) < 4.78 is 13.8. The van der Waals surface area contributed by atoms with Crippen molar-refractivity contribution in [2.24, 2.45) is 11.5 Å². The lowest BCUT2D eigenvalue weighted by atomic mass is 10.0.